The van der Waals surface area contributed by atoms with Gasteiger partial charge in [0.15, 0.2) is 0 Å². The minimum absolute atomic E-state index is 0.00952. The molecule has 3 rings (SSSR count). The van der Waals surface area contributed by atoms with E-state index >= 15 is 0 Å². The quantitative estimate of drug-likeness (QED) is 0.752. The highest BCUT2D eigenvalue weighted by Gasteiger charge is 2.19. The Morgan fingerprint density at radius 1 is 1.14 bits per heavy atom. The van der Waals surface area contributed by atoms with E-state index in [2.05, 4.69) is 10.3 Å². The Morgan fingerprint density at radius 2 is 1.95 bits per heavy atom. The van der Waals surface area contributed by atoms with Gasteiger partial charge in [0.05, 0.1) is 5.69 Å². The number of aromatic carboxylic acids is 1. The molecule has 0 radical (unpaired) electrons. The number of benzene rings is 1. The highest BCUT2D eigenvalue weighted by Crippen LogP contribution is 2.25. The zero-order chi connectivity index (χ0) is 14.7. The molecule has 2 heterocycles. The minimum Gasteiger partial charge on any atom is -0.475 e. The average molecular weight is 282 g/mol. The first-order valence-electron chi connectivity index (χ1n) is 6.60. The molecule has 0 saturated heterocycles. The zero-order valence-corrected chi connectivity index (χ0v) is 11.2. The first kappa shape index (κ1) is 13.3. The molecule has 0 amide bonds. The van der Waals surface area contributed by atoms with Gasteiger partial charge in [-0.1, -0.05) is 24.3 Å². The molecular formula is C16H14N2O3. The third-order valence-electron chi connectivity index (χ3n) is 3.23. The third-order valence-corrected chi connectivity index (χ3v) is 3.23. The number of aromatic nitrogens is 1. The average Bonchev–Trinajstić information content (AvgIpc) is 2.88. The van der Waals surface area contributed by atoms with Gasteiger partial charge < -0.3 is 14.8 Å². The number of rotatable bonds is 5. The van der Waals surface area contributed by atoms with Crippen LogP contribution in [0, 0.1) is 0 Å². The van der Waals surface area contributed by atoms with Crippen molar-refractivity contribution in [2.24, 2.45) is 0 Å². The number of carbonyl (C=O) groups is 1. The largest absolute Gasteiger partial charge is 0.475 e. The molecule has 106 valence electrons. The molecule has 0 aliphatic heterocycles. The Labute approximate surface area is 121 Å². The Morgan fingerprint density at radius 3 is 2.71 bits per heavy atom. The summed E-state index contributed by atoms with van der Waals surface area (Å²) in [5, 5.41) is 13.3. The molecule has 0 spiro atoms. The summed E-state index contributed by atoms with van der Waals surface area (Å²) in [5.74, 6) is -1.06. The van der Waals surface area contributed by atoms with Crippen molar-refractivity contribution in [2.45, 2.75) is 13.1 Å². The highest BCUT2D eigenvalue weighted by molar-refractivity contribution is 5.95. The predicted molar refractivity (Wildman–Crippen MR) is 78.0 cm³/mol. The molecule has 0 aliphatic rings. The summed E-state index contributed by atoms with van der Waals surface area (Å²) in [7, 11) is 0. The normalized spacial score (nSPS) is 10.9. The van der Waals surface area contributed by atoms with Crippen LogP contribution in [0.3, 0.4) is 0 Å². The standard InChI is InChI=1S/C16H14N2O3/c19-16(20)15-13(12-6-1-2-7-14(12)21-15)10-17-9-11-5-3-4-8-18-11/h1-8,17H,9-10H2,(H,19,20). The van der Waals surface area contributed by atoms with E-state index in [0.29, 0.717) is 24.2 Å². The molecule has 0 fully saturated rings. The number of hydrogen-bond acceptors (Lipinski definition) is 4. The van der Waals surface area contributed by atoms with Crippen LogP contribution in [-0.2, 0) is 13.1 Å². The van der Waals surface area contributed by atoms with Crippen LogP contribution < -0.4 is 5.32 Å². The second-order valence-electron chi connectivity index (χ2n) is 4.64. The van der Waals surface area contributed by atoms with E-state index in [4.69, 9.17) is 4.42 Å². The van der Waals surface area contributed by atoms with E-state index in [9.17, 15) is 9.90 Å². The first-order valence-corrected chi connectivity index (χ1v) is 6.60. The number of pyridine rings is 1. The summed E-state index contributed by atoms with van der Waals surface area (Å²) in [5.41, 5.74) is 2.15. The van der Waals surface area contributed by atoms with Crippen LogP contribution in [0.5, 0.6) is 0 Å². The molecule has 1 aromatic carbocycles. The summed E-state index contributed by atoms with van der Waals surface area (Å²) < 4.78 is 5.41. The van der Waals surface area contributed by atoms with E-state index in [0.717, 1.165) is 11.1 Å². The minimum atomic E-state index is -1.05. The fourth-order valence-electron chi connectivity index (χ4n) is 2.27. The molecule has 5 nitrogen and oxygen atoms in total. The van der Waals surface area contributed by atoms with Crippen molar-refractivity contribution in [3.63, 3.8) is 0 Å². The fourth-order valence-corrected chi connectivity index (χ4v) is 2.27. The molecule has 0 atom stereocenters. The van der Waals surface area contributed by atoms with Crippen molar-refractivity contribution in [2.75, 3.05) is 0 Å². The van der Waals surface area contributed by atoms with Gasteiger partial charge in [-0.25, -0.2) is 4.79 Å². The van der Waals surface area contributed by atoms with Gasteiger partial charge >= 0.3 is 5.97 Å². The van der Waals surface area contributed by atoms with Crippen LogP contribution >= 0.6 is 0 Å². The number of carboxylic acid groups (broad SMARTS) is 1. The summed E-state index contributed by atoms with van der Waals surface area (Å²) in [4.78, 5) is 15.5. The fraction of sp³-hybridized carbons (Fsp3) is 0.125. The number of hydrogen-bond donors (Lipinski definition) is 2. The summed E-state index contributed by atoms with van der Waals surface area (Å²) in [6, 6.07) is 13.0. The van der Waals surface area contributed by atoms with Crippen molar-refractivity contribution < 1.29 is 14.3 Å². The van der Waals surface area contributed by atoms with E-state index in [-0.39, 0.29) is 5.76 Å². The summed E-state index contributed by atoms with van der Waals surface area (Å²) in [6.07, 6.45) is 1.73. The number of para-hydroxylation sites is 1. The Hall–Kier alpha value is -2.66. The van der Waals surface area contributed by atoms with E-state index < -0.39 is 5.97 Å². The molecule has 0 saturated carbocycles. The maximum atomic E-state index is 11.3. The van der Waals surface area contributed by atoms with Crippen LogP contribution in [0.25, 0.3) is 11.0 Å². The number of furan rings is 1. The van der Waals surface area contributed by atoms with Crippen LogP contribution in [0.4, 0.5) is 0 Å². The van der Waals surface area contributed by atoms with Gasteiger partial charge in [0.25, 0.3) is 0 Å². The first-order chi connectivity index (χ1) is 10.3. The Kier molecular flexibility index (Phi) is 3.66. The summed E-state index contributed by atoms with van der Waals surface area (Å²) >= 11 is 0. The van der Waals surface area contributed by atoms with E-state index in [1.807, 2.05) is 36.4 Å². The lowest BCUT2D eigenvalue weighted by atomic mass is 10.1. The maximum absolute atomic E-state index is 11.3. The van der Waals surface area contributed by atoms with Crippen molar-refractivity contribution in [1.82, 2.24) is 10.3 Å². The predicted octanol–water partition coefficient (Wildman–Crippen LogP) is 2.82. The molecule has 5 heteroatoms. The lowest BCUT2D eigenvalue weighted by Crippen LogP contribution is -2.15. The molecule has 2 N–H and O–H groups in total. The molecule has 2 aromatic heterocycles. The van der Waals surface area contributed by atoms with Crippen LogP contribution in [0.2, 0.25) is 0 Å². The lowest BCUT2D eigenvalue weighted by molar-refractivity contribution is 0.0663. The van der Waals surface area contributed by atoms with Crippen molar-refractivity contribution in [3.8, 4) is 0 Å². The number of fused-ring (bicyclic) bond motifs is 1. The molecular weight excluding hydrogens is 268 g/mol. The van der Waals surface area contributed by atoms with Gasteiger partial charge in [0.2, 0.25) is 5.76 Å². The molecule has 0 unspecified atom stereocenters. The Bertz CT molecular complexity index is 766. The number of carboxylic acids is 1. The van der Waals surface area contributed by atoms with Crippen molar-refractivity contribution in [3.05, 3.63) is 65.7 Å². The SMILES string of the molecule is O=C(O)c1oc2ccccc2c1CNCc1ccccn1. The van der Waals surface area contributed by atoms with Crippen molar-refractivity contribution in [1.29, 1.82) is 0 Å². The van der Waals surface area contributed by atoms with Crippen LogP contribution in [0.15, 0.2) is 53.1 Å². The summed E-state index contributed by atoms with van der Waals surface area (Å²) in [6.45, 7) is 0.981. The molecule has 21 heavy (non-hydrogen) atoms. The second kappa shape index (κ2) is 5.76. The Balaban J connectivity index is 1.82. The maximum Gasteiger partial charge on any atom is 0.372 e. The lowest BCUT2D eigenvalue weighted by Gasteiger charge is -2.04. The highest BCUT2D eigenvalue weighted by atomic mass is 16.4. The zero-order valence-electron chi connectivity index (χ0n) is 11.2. The second-order valence-corrected chi connectivity index (χ2v) is 4.64. The van der Waals surface area contributed by atoms with Crippen molar-refractivity contribution >= 4 is 16.9 Å². The van der Waals surface area contributed by atoms with E-state index in [1.165, 1.54) is 0 Å². The van der Waals surface area contributed by atoms with Gasteiger partial charge in [-0.2, -0.15) is 0 Å². The van der Waals surface area contributed by atoms with Crippen LogP contribution in [0.1, 0.15) is 21.8 Å². The third kappa shape index (κ3) is 2.78. The van der Waals surface area contributed by atoms with Gasteiger partial charge in [-0.05, 0) is 18.2 Å². The molecule has 0 aliphatic carbocycles. The van der Waals surface area contributed by atoms with Gasteiger partial charge in [-0.15, -0.1) is 0 Å². The van der Waals surface area contributed by atoms with Gasteiger partial charge in [-0.3, -0.25) is 4.98 Å². The molecule has 3 aromatic rings. The smallest absolute Gasteiger partial charge is 0.372 e. The number of nitrogens with one attached hydrogen (secondary N) is 1. The molecule has 0 bridgehead atoms. The topological polar surface area (TPSA) is 75.4 Å². The van der Waals surface area contributed by atoms with Crippen LogP contribution in [-0.4, -0.2) is 16.1 Å². The van der Waals surface area contributed by atoms with E-state index in [1.54, 1.807) is 12.3 Å². The monoisotopic (exact) mass is 282 g/mol. The van der Waals surface area contributed by atoms with Gasteiger partial charge in [0, 0.05) is 30.2 Å². The number of nitrogens with zero attached hydrogens (tertiary/aromatic N) is 1. The van der Waals surface area contributed by atoms with Gasteiger partial charge in [0.1, 0.15) is 5.58 Å².